The summed E-state index contributed by atoms with van der Waals surface area (Å²) in [6.45, 7) is 10.1. The van der Waals surface area contributed by atoms with E-state index >= 15 is 0 Å². The van der Waals surface area contributed by atoms with Gasteiger partial charge in [0.1, 0.15) is 18.0 Å². The molecular formula is C23H31NO4P+. The molecule has 0 aliphatic rings. The smallest absolute Gasteiger partial charge is 0.344 e. The average molecular weight is 416 g/mol. The number of esters is 1. The van der Waals surface area contributed by atoms with Gasteiger partial charge < -0.3 is 14.8 Å². The number of hydrogen-bond donors (Lipinski definition) is 1. The van der Waals surface area contributed by atoms with Gasteiger partial charge in [-0.25, -0.2) is 4.79 Å². The van der Waals surface area contributed by atoms with Crippen LogP contribution >= 0.6 is 7.26 Å². The third-order valence-corrected chi connectivity index (χ3v) is 8.60. The Morgan fingerprint density at radius 3 is 2.21 bits per heavy atom. The zero-order valence-electron chi connectivity index (χ0n) is 18.1. The van der Waals surface area contributed by atoms with Crippen molar-refractivity contribution in [2.24, 2.45) is 0 Å². The predicted molar refractivity (Wildman–Crippen MR) is 120 cm³/mol. The van der Waals surface area contributed by atoms with Crippen molar-refractivity contribution in [2.75, 3.05) is 31.9 Å². The molecular weight excluding hydrogens is 385 g/mol. The lowest BCUT2D eigenvalue weighted by atomic mass is 10.1. The quantitative estimate of drug-likeness (QED) is 0.502. The fourth-order valence-corrected chi connectivity index (χ4v) is 4.77. The van der Waals surface area contributed by atoms with Gasteiger partial charge in [-0.3, -0.25) is 4.79 Å². The molecule has 0 spiro atoms. The third kappa shape index (κ3) is 6.30. The molecule has 0 saturated heterocycles. The molecule has 156 valence electrons. The van der Waals surface area contributed by atoms with Crippen LogP contribution in [0, 0.1) is 13.8 Å². The van der Waals surface area contributed by atoms with E-state index in [1.807, 2.05) is 76.6 Å². The fraction of sp³-hybridized carbons (Fsp3) is 0.391. The number of methoxy groups -OCH3 is 1. The highest BCUT2D eigenvalue weighted by molar-refractivity contribution is 7.76. The average Bonchev–Trinajstić information content (AvgIpc) is 2.68. The molecule has 1 unspecified atom stereocenters. The highest BCUT2D eigenvalue weighted by atomic mass is 31.2. The van der Waals surface area contributed by atoms with Gasteiger partial charge in [0.15, 0.2) is 6.16 Å². The van der Waals surface area contributed by atoms with Gasteiger partial charge in [0.2, 0.25) is 0 Å². The van der Waals surface area contributed by atoms with Crippen molar-refractivity contribution in [1.29, 1.82) is 0 Å². The molecule has 2 aromatic carbocycles. The molecule has 5 nitrogen and oxygen atoms in total. The number of rotatable bonds is 8. The molecule has 2 aromatic rings. The standard InChI is InChI=1S/C23H30NO4P/c1-16-12-20(27-4)13-17(2)22(16)24-23(26)18(3)29(5,6)15-21(25)28-14-19-10-8-7-9-11-19/h7-13,18H,14-15H2,1-6H3/p+1. The van der Waals surface area contributed by atoms with Crippen molar-refractivity contribution in [3.63, 3.8) is 0 Å². The maximum absolute atomic E-state index is 12.9. The van der Waals surface area contributed by atoms with Crippen molar-refractivity contribution >= 4 is 24.8 Å². The molecule has 0 aromatic heterocycles. The molecule has 29 heavy (non-hydrogen) atoms. The van der Waals surface area contributed by atoms with E-state index in [9.17, 15) is 9.59 Å². The Bertz CT molecular complexity index is 841. The lowest BCUT2D eigenvalue weighted by molar-refractivity contribution is -0.141. The van der Waals surface area contributed by atoms with Gasteiger partial charge in [-0.1, -0.05) is 30.3 Å². The molecule has 0 bridgehead atoms. The van der Waals surface area contributed by atoms with Gasteiger partial charge >= 0.3 is 5.97 Å². The SMILES string of the molecule is COc1cc(C)c(NC(=O)C(C)[P+](C)(C)CC(=O)OCc2ccccc2)c(C)c1. The molecule has 6 heteroatoms. The van der Waals surface area contributed by atoms with Crippen LogP contribution in [0.3, 0.4) is 0 Å². The second-order valence-electron chi connectivity index (χ2n) is 7.88. The number of nitrogens with one attached hydrogen (secondary N) is 1. The second kappa shape index (κ2) is 9.89. The van der Waals surface area contributed by atoms with Gasteiger partial charge in [-0.2, -0.15) is 0 Å². The summed E-state index contributed by atoms with van der Waals surface area (Å²) in [4.78, 5) is 25.3. The highest BCUT2D eigenvalue weighted by Gasteiger charge is 2.41. The van der Waals surface area contributed by atoms with E-state index in [0.717, 1.165) is 28.1 Å². The number of benzene rings is 2. The molecule has 0 aliphatic heterocycles. The van der Waals surface area contributed by atoms with Crippen LogP contribution in [-0.4, -0.2) is 44.1 Å². The first-order valence-electron chi connectivity index (χ1n) is 9.62. The highest BCUT2D eigenvalue weighted by Crippen LogP contribution is 2.56. The summed E-state index contributed by atoms with van der Waals surface area (Å²) >= 11 is 0. The normalized spacial score (nSPS) is 12.2. The van der Waals surface area contributed by atoms with Crippen LogP contribution in [0.1, 0.15) is 23.6 Å². The Morgan fingerprint density at radius 1 is 1.07 bits per heavy atom. The van der Waals surface area contributed by atoms with Crippen LogP contribution in [0.15, 0.2) is 42.5 Å². The largest absolute Gasteiger partial charge is 0.497 e. The van der Waals surface area contributed by atoms with Crippen LogP contribution in [0.2, 0.25) is 0 Å². The minimum absolute atomic E-state index is 0.0736. The first-order chi connectivity index (χ1) is 13.6. The molecule has 2 rings (SSSR count). The van der Waals surface area contributed by atoms with Crippen LogP contribution in [0.4, 0.5) is 5.69 Å². The van der Waals surface area contributed by atoms with E-state index in [0.29, 0.717) is 0 Å². The summed E-state index contributed by atoms with van der Waals surface area (Å²) in [7, 11) is -0.237. The van der Waals surface area contributed by atoms with Crippen LogP contribution in [0.5, 0.6) is 5.75 Å². The topological polar surface area (TPSA) is 64.6 Å². The number of anilines is 1. The summed E-state index contributed by atoms with van der Waals surface area (Å²) < 4.78 is 10.7. The summed E-state index contributed by atoms with van der Waals surface area (Å²) in [6.07, 6.45) is 0.273. The second-order valence-corrected chi connectivity index (χ2v) is 12.5. The van der Waals surface area contributed by atoms with Crippen molar-refractivity contribution < 1.29 is 19.1 Å². The van der Waals surface area contributed by atoms with E-state index in [1.54, 1.807) is 7.11 Å². The minimum atomic E-state index is -1.86. The Hall–Kier alpha value is -2.39. The van der Waals surface area contributed by atoms with Crippen molar-refractivity contribution in [1.82, 2.24) is 0 Å². The number of carbonyl (C=O) groups is 2. The van der Waals surface area contributed by atoms with Crippen molar-refractivity contribution in [3.05, 3.63) is 59.2 Å². The predicted octanol–water partition coefficient (Wildman–Crippen LogP) is 4.66. The number of hydrogen-bond acceptors (Lipinski definition) is 4. The van der Waals surface area contributed by atoms with Gasteiger partial charge in [-0.15, -0.1) is 0 Å². The van der Waals surface area contributed by atoms with E-state index in [4.69, 9.17) is 9.47 Å². The summed E-state index contributed by atoms with van der Waals surface area (Å²) in [5.41, 5.74) is 3.37. The van der Waals surface area contributed by atoms with E-state index in [2.05, 4.69) is 5.32 Å². The third-order valence-electron chi connectivity index (χ3n) is 5.20. The maximum atomic E-state index is 12.9. The molecule has 1 amide bonds. The number of aryl methyl sites for hydroxylation is 2. The molecule has 0 heterocycles. The van der Waals surface area contributed by atoms with Gasteiger partial charge in [0.05, 0.1) is 7.11 Å². The summed E-state index contributed by atoms with van der Waals surface area (Å²) in [6, 6.07) is 13.4. The fourth-order valence-electron chi connectivity index (χ4n) is 3.04. The Kier molecular flexibility index (Phi) is 7.80. The van der Waals surface area contributed by atoms with Crippen molar-refractivity contribution in [3.8, 4) is 5.75 Å². The van der Waals surface area contributed by atoms with Gasteiger partial charge in [0, 0.05) is 26.3 Å². The van der Waals surface area contributed by atoms with Crippen LogP contribution in [-0.2, 0) is 20.9 Å². The minimum Gasteiger partial charge on any atom is -0.497 e. The van der Waals surface area contributed by atoms with Crippen LogP contribution < -0.4 is 10.1 Å². The lowest BCUT2D eigenvalue weighted by Crippen LogP contribution is -2.30. The monoisotopic (exact) mass is 416 g/mol. The Balaban J connectivity index is 1.99. The molecule has 0 saturated carbocycles. The summed E-state index contributed by atoms with van der Waals surface area (Å²) in [5.74, 6) is 0.430. The number of amides is 1. The lowest BCUT2D eigenvalue weighted by Gasteiger charge is -2.24. The zero-order chi connectivity index (χ0) is 21.6. The number of ether oxygens (including phenoxy) is 2. The zero-order valence-corrected chi connectivity index (χ0v) is 19.0. The molecule has 0 aliphatic carbocycles. The first kappa shape index (κ1) is 22.9. The maximum Gasteiger partial charge on any atom is 0.344 e. The van der Waals surface area contributed by atoms with Crippen LogP contribution in [0.25, 0.3) is 0 Å². The van der Waals surface area contributed by atoms with E-state index < -0.39 is 7.26 Å². The first-order valence-corrected chi connectivity index (χ1v) is 12.6. The molecule has 1 N–H and O–H groups in total. The molecule has 1 atom stereocenters. The Morgan fingerprint density at radius 2 is 1.66 bits per heavy atom. The summed E-state index contributed by atoms with van der Waals surface area (Å²) in [5, 5.41) is 3.05. The number of carbonyl (C=O) groups excluding carboxylic acids is 2. The Labute approximate surface area is 174 Å². The van der Waals surface area contributed by atoms with Gasteiger partial charge in [-0.05, 0) is 49.6 Å². The molecule has 0 radical (unpaired) electrons. The van der Waals surface area contributed by atoms with E-state index in [1.165, 1.54) is 0 Å². The van der Waals surface area contributed by atoms with E-state index in [-0.39, 0.29) is 30.3 Å². The molecule has 0 fully saturated rings. The van der Waals surface area contributed by atoms with Crippen molar-refractivity contribution in [2.45, 2.75) is 33.0 Å². The van der Waals surface area contributed by atoms with Gasteiger partial charge in [0.25, 0.3) is 5.91 Å².